The second kappa shape index (κ2) is 4.80. The number of halogens is 1. The molecule has 4 heteroatoms. The molecule has 1 spiro atoms. The fourth-order valence-electron chi connectivity index (χ4n) is 4.10. The normalized spacial score (nSPS) is 26.7. The average molecular weight is 337 g/mol. The van der Waals surface area contributed by atoms with E-state index in [1.165, 1.54) is 36.0 Å². The maximum absolute atomic E-state index is 5.34. The molecule has 0 saturated carbocycles. The lowest BCUT2D eigenvalue weighted by atomic mass is 9.80. The summed E-state index contributed by atoms with van der Waals surface area (Å²) in [6.07, 6.45) is 2.49. The van der Waals surface area contributed by atoms with Gasteiger partial charge in [-0.1, -0.05) is 22.0 Å². The first kappa shape index (κ1) is 13.3. The molecule has 0 N–H and O–H groups in total. The first-order valence-corrected chi connectivity index (χ1v) is 8.30. The Hall–Kier alpha value is -0.420. The Kier molecular flexibility index (Phi) is 3.18. The molecule has 0 aromatic heterocycles. The van der Waals surface area contributed by atoms with Crippen LogP contribution in [0.3, 0.4) is 0 Å². The van der Waals surface area contributed by atoms with Crippen molar-refractivity contribution in [1.82, 2.24) is 9.80 Å². The molecule has 0 bridgehead atoms. The third-order valence-electron chi connectivity index (χ3n) is 5.47. The molecule has 0 unspecified atom stereocenters. The van der Waals surface area contributed by atoms with Crippen molar-refractivity contribution in [3.8, 4) is 0 Å². The number of fused-ring (bicyclic) bond motifs is 2. The van der Waals surface area contributed by atoms with E-state index in [1.54, 1.807) is 5.56 Å². The number of likely N-dealkylation sites (tertiary alicyclic amines) is 1. The van der Waals surface area contributed by atoms with Gasteiger partial charge in [0.15, 0.2) is 0 Å². The van der Waals surface area contributed by atoms with Crippen LogP contribution in [0.25, 0.3) is 0 Å². The monoisotopic (exact) mass is 336 g/mol. The molecular weight excluding hydrogens is 316 g/mol. The molecule has 0 amide bonds. The highest BCUT2D eigenvalue weighted by atomic mass is 79.9. The van der Waals surface area contributed by atoms with Gasteiger partial charge in [0.2, 0.25) is 0 Å². The Balaban J connectivity index is 1.59. The maximum Gasteiger partial charge on any atom is 0.0645 e. The zero-order valence-corrected chi connectivity index (χ0v) is 13.5. The Morgan fingerprint density at radius 1 is 1.25 bits per heavy atom. The zero-order valence-electron chi connectivity index (χ0n) is 11.9. The van der Waals surface area contributed by atoms with Gasteiger partial charge in [0.05, 0.1) is 19.3 Å². The first-order chi connectivity index (χ1) is 9.69. The van der Waals surface area contributed by atoms with Crippen LogP contribution in [0.15, 0.2) is 22.7 Å². The van der Waals surface area contributed by atoms with Gasteiger partial charge in [0.1, 0.15) is 0 Å². The van der Waals surface area contributed by atoms with Crippen LogP contribution >= 0.6 is 15.9 Å². The molecule has 4 rings (SSSR count). The number of rotatable bonds is 1. The smallest absolute Gasteiger partial charge is 0.0645 e. The summed E-state index contributed by atoms with van der Waals surface area (Å²) in [5.74, 6) is 0. The molecule has 3 nitrogen and oxygen atoms in total. The standard InChI is InChI=1S/C16H21BrN2O/c1-18-9-12-8-13(17)2-3-15(12)16(18)4-6-19(7-5-16)14-10-20-11-14/h2-3,8,14H,4-7,9-11H2,1H3. The van der Waals surface area contributed by atoms with Crippen LogP contribution in [0.5, 0.6) is 0 Å². The number of ether oxygens (including phenoxy) is 1. The molecule has 20 heavy (non-hydrogen) atoms. The number of piperidine rings is 1. The van der Waals surface area contributed by atoms with Crippen molar-refractivity contribution in [3.63, 3.8) is 0 Å². The van der Waals surface area contributed by atoms with Crippen molar-refractivity contribution in [2.45, 2.75) is 31.0 Å². The summed E-state index contributed by atoms with van der Waals surface area (Å²) in [7, 11) is 2.29. The summed E-state index contributed by atoms with van der Waals surface area (Å²) in [6, 6.07) is 7.52. The van der Waals surface area contributed by atoms with Gasteiger partial charge in [0, 0.05) is 29.6 Å². The summed E-state index contributed by atoms with van der Waals surface area (Å²) in [4.78, 5) is 5.19. The summed E-state index contributed by atoms with van der Waals surface area (Å²) in [5, 5.41) is 0. The fraction of sp³-hybridized carbons (Fsp3) is 0.625. The summed E-state index contributed by atoms with van der Waals surface area (Å²) < 4.78 is 6.54. The highest BCUT2D eigenvalue weighted by Gasteiger charge is 2.46. The van der Waals surface area contributed by atoms with Crippen molar-refractivity contribution in [2.24, 2.45) is 0 Å². The van der Waals surface area contributed by atoms with Gasteiger partial charge in [-0.3, -0.25) is 9.80 Å². The largest absolute Gasteiger partial charge is 0.378 e. The van der Waals surface area contributed by atoms with Crippen molar-refractivity contribution >= 4 is 15.9 Å². The van der Waals surface area contributed by atoms with E-state index in [9.17, 15) is 0 Å². The topological polar surface area (TPSA) is 15.7 Å². The number of hydrogen-bond donors (Lipinski definition) is 0. The van der Waals surface area contributed by atoms with Crippen LogP contribution in [-0.4, -0.2) is 49.2 Å². The molecule has 0 atom stereocenters. The van der Waals surface area contributed by atoms with Crippen molar-refractivity contribution in [3.05, 3.63) is 33.8 Å². The third kappa shape index (κ3) is 1.89. The molecule has 3 aliphatic heterocycles. The molecule has 2 fully saturated rings. The van der Waals surface area contributed by atoms with Crippen LogP contribution < -0.4 is 0 Å². The lowest BCUT2D eigenvalue weighted by Gasteiger charge is -2.48. The summed E-state index contributed by atoms with van der Waals surface area (Å²) >= 11 is 3.60. The van der Waals surface area contributed by atoms with Gasteiger partial charge in [0.25, 0.3) is 0 Å². The summed E-state index contributed by atoms with van der Waals surface area (Å²) in [6.45, 7) is 5.36. The molecule has 0 radical (unpaired) electrons. The molecular formula is C16H21BrN2O. The van der Waals surface area contributed by atoms with Gasteiger partial charge in [-0.25, -0.2) is 0 Å². The Morgan fingerprint density at radius 2 is 2.00 bits per heavy atom. The minimum atomic E-state index is 0.275. The van der Waals surface area contributed by atoms with Gasteiger partial charge < -0.3 is 4.74 Å². The molecule has 108 valence electrons. The number of benzene rings is 1. The predicted molar refractivity (Wildman–Crippen MR) is 82.7 cm³/mol. The maximum atomic E-state index is 5.34. The van der Waals surface area contributed by atoms with E-state index in [0.717, 1.165) is 19.8 Å². The SMILES string of the molecule is CN1Cc2cc(Br)ccc2C12CCN(C1COC1)CC2. The lowest BCUT2D eigenvalue weighted by Crippen LogP contribution is -2.56. The van der Waals surface area contributed by atoms with Crippen LogP contribution in [0.2, 0.25) is 0 Å². The van der Waals surface area contributed by atoms with Gasteiger partial charge >= 0.3 is 0 Å². The zero-order chi connectivity index (χ0) is 13.7. The molecule has 1 aromatic carbocycles. The highest BCUT2D eigenvalue weighted by molar-refractivity contribution is 9.10. The molecule has 2 saturated heterocycles. The van der Waals surface area contributed by atoms with E-state index in [-0.39, 0.29) is 5.54 Å². The van der Waals surface area contributed by atoms with Crippen LogP contribution in [0, 0.1) is 0 Å². The first-order valence-electron chi connectivity index (χ1n) is 7.51. The Morgan fingerprint density at radius 3 is 2.65 bits per heavy atom. The predicted octanol–water partition coefficient (Wildman–Crippen LogP) is 2.58. The minimum Gasteiger partial charge on any atom is -0.378 e. The van der Waals surface area contributed by atoms with Crippen molar-refractivity contribution in [1.29, 1.82) is 0 Å². The van der Waals surface area contributed by atoms with Crippen LogP contribution in [-0.2, 0) is 16.8 Å². The molecule has 3 aliphatic rings. The van der Waals surface area contributed by atoms with E-state index in [1.807, 2.05) is 0 Å². The van der Waals surface area contributed by atoms with E-state index < -0.39 is 0 Å². The summed E-state index contributed by atoms with van der Waals surface area (Å²) in [5.41, 5.74) is 3.34. The van der Waals surface area contributed by atoms with E-state index in [0.29, 0.717) is 6.04 Å². The molecule has 0 aliphatic carbocycles. The van der Waals surface area contributed by atoms with Gasteiger partial charge in [-0.15, -0.1) is 0 Å². The number of hydrogen-bond acceptors (Lipinski definition) is 3. The average Bonchev–Trinajstić information content (AvgIpc) is 2.62. The fourth-order valence-corrected chi connectivity index (χ4v) is 4.51. The van der Waals surface area contributed by atoms with Gasteiger partial charge in [-0.05, 0) is 43.1 Å². The highest BCUT2D eigenvalue weighted by Crippen LogP contribution is 2.46. The van der Waals surface area contributed by atoms with E-state index in [4.69, 9.17) is 4.74 Å². The van der Waals surface area contributed by atoms with E-state index >= 15 is 0 Å². The van der Waals surface area contributed by atoms with Crippen LogP contribution in [0.4, 0.5) is 0 Å². The molecule has 1 aromatic rings. The minimum absolute atomic E-state index is 0.275. The quantitative estimate of drug-likeness (QED) is 0.783. The van der Waals surface area contributed by atoms with Crippen molar-refractivity contribution < 1.29 is 4.74 Å². The van der Waals surface area contributed by atoms with Crippen molar-refractivity contribution in [2.75, 3.05) is 33.4 Å². The van der Waals surface area contributed by atoms with E-state index in [2.05, 4.69) is 51.0 Å². The molecule has 3 heterocycles. The second-order valence-electron chi connectivity index (χ2n) is 6.42. The Labute approximate surface area is 129 Å². The lowest BCUT2D eigenvalue weighted by molar-refractivity contribution is -0.0852. The Bertz CT molecular complexity index is 521. The third-order valence-corrected chi connectivity index (χ3v) is 5.96. The van der Waals surface area contributed by atoms with Gasteiger partial charge in [-0.2, -0.15) is 0 Å². The second-order valence-corrected chi connectivity index (χ2v) is 7.33. The number of nitrogens with zero attached hydrogens (tertiary/aromatic N) is 2. The van der Waals surface area contributed by atoms with Crippen LogP contribution in [0.1, 0.15) is 24.0 Å².